The fraction of sp³-hybridized carbons (Fsp3) is 0.879. The topological polar surface area (TPSA) is 157 Å². The zero-order valence-corrected chi connectivity index (χ0v) is 25.8. The Hall–Kier alpha value is -2.04. The van der Waals surface area contributed by atoms with Crippen LogP contribution in [0.5, 0.6) is 0 Å². The normalized spacial score (nSPS) is 48.4. The van der Waals surface area contributed by atoms with Crippen LogP contribution in [0.4, 0.5) is 0 Å². The zero-order valence-electron chi connectivity index (χ0n) is 25.8. The van der Waals surface area contributed by atoms with Crippen molar-refractivity contribution in [3.8, 4) is 0 Å². The van der Waals surface area contributed by atoms with Crippen LogP contribution in [-0.2, 0) is 33.4 Å². The Morgan fingerprint density at radius 2 is 1.77 bits per heavy atom. The van der Waals surface area contributed by atoms with Gasteiger partial charge >= 0.3 is 17.9 Å². The van der Waals surface area contributed by atoms with Gasteiger partial charge in [0.25, 0.3) is 0 Å². The Kier molecular flexibility index (Phi) is 7.77. The maximum absolute atomic E-state index is 14.3. The third-order valence-electron chi connectivity index (χ3n) is 13.4. The maximum atomic E-state index is 14.3. The van der Waals surface area contributed by atoms with Crippen LogP contribution in [0.1, 0.15) is 91.9 Å². The lowest BCUT2D eigenvalue weighted by Gasteiger charge is -2.60. The highest BCUT2D eigenvalue weighted by Crippen LogP contribution is 2.70. The number of carboxylic acids is 2. The minimum Gasteiger partial charge on any atom is -0.481 e. The fourth-order valence-electron chi connectivity index (χ4n) is 11.0. The molecule has 0 amide bonds. The van der Waals surface area contributed by atoms with Gasteiger partial charge in [0.1, 0.15) is 17.8 Å². The van der Waals surface area contributed by atoms with Gasteiger partial charge in [0.15, 0.2) is 11.9 Å². The number of rotatable bonds is 6. The van der Waals surface area contributed by atoms with E-state index in [9.17, 15) is 29.4 Å². The molecule has 4 saturated carbocycles. The van der Waals surface area contributed by atoms with Crippen molar-refractivity contribution in [3.05, 3.63) is 0 Å². The molecule has 0 aromatic heterocycles. The first-order valence-corrected chi connectivity index (χ1v) is 16.4. The van der Waals surface area contributed by atoms with Crippen molar-refractivity contribution in [3.63, 3.8) is 0 Å². The number of esters is 1. The van der Waals surface area contributed by atoms with Crippen LogP contribution >= 0.6 is 0 Å². The van der Waals surface area contributed by atoms with Gasteiger partial charge in [0.05, 0.1) is 19.1 Å². The number of ketones is 1. The molecular weight excluding hydrogens is 556 g/mol. The van der Waals surface area contributed by atoms with E-state index < -0.39 is 53.7 Å². The Labute approximate surface area is 253 Å². The highest BCUT2D eigenvalue weighted by Gasteiger charge is 2.71. The van der Waals surface area contributed by atoms with E-state index in [1.165, 1.54) is 0 Å². The lowest BCUT2D eigenvalue weighted by atomic mass is 9.44. The average molecular weight is 605 g/mol. The highest BCUT2D eigenvalue weighted by molar-refractivity contribution is 5.87. The number of aliphatic hydroxyl groups excluding tert-OH is 1. The summed E-state index contributed by atoms with van der Waals surface area (Å²) in [5.41, 5.74) is -0.501. The third-order valence-corrected chi connectivity index (χ3v) is 13.4. The van der Waals surface area contributed by atoms with Crippen molar-refractivity contribution in [1.82, 2.24) is 0 Å². The Balaban J connectivity index is 1.15. The minimum absolute atomic E-state index is 0.0432. The molecule has 10 heteroatoms. The van der Waals surface area contributed by atoms with E-state index >= 15 is 0 Å². The van der Waals surface area contributed by atoms with E-state index in [-0.39, 0.29) is 41.1 Å². The van der Waals surface area contributed by atoms with Crippen LogP contribution in [0.2, 0.25) is 0 Å². The molecule has 3 N–H and O–H groups in total. The Morgan fingerprint density at radius 1 is 1.02 bits per heavy atom. The molecule has 2 heterocycles. The number of hydrogen-bond acceptors (Lipinski definition) is 8. The first-order chi connectivity index (χ1) is 20.2. The molecule has 6 aliphatic rings. The lowest BCUT2D eigenvalue weighted by molar-refractivity contribution is -0.272. The molecule has 6 rings (SSSR count). The summed E-state index contributed by atoms with van der Waals surface area (Å²) in [7, 11) is 0. The molecule has 0 aromatic rings. The van der Waals surface area contributed by atoms with Gasteiger partial charge in [0.2, 0.25) is 0 Å². The first kappa shape index (κ1) is 31.0. The van der Waals surface area contributed by atoms with Crippen LogP contribution < -0.4 is 0 Å². The summed E-state index contributed by atoms with van der Waals surface area (Å²) in [5.74, 6) is -3.83. The van der Waals surface area contributed by atoms with E-state index in [0.29, 0.717) is 43.5 Å². The summed E-state index contributed by atoms with van der Waals surface area (Å²) in [6.45, 7) is 9.67. The van der Waals surface area contributed by atoms with Crippen molar-refractivity contribution < 1.29 is 48.7 Å². The van der Waals surface area contributed by atoms with Crippen molar-refractivity contribution in [2.45, 2.75) is 116 Å². The molecule has 7 unspecified atom stereocenters. The second-order valence-electron chi connectivity index (χ2n) is 15.4. The van der Waals surface area contributed by atoms with Crippen molar-refractivity contribution in [2.24, 2.45) is 58.2 Å². The number of hydrogen-bond donors (Lipinski definition) is 3. The van der Waals surface area contributed by atoms with E-state index in [1.807, 2.05) is 0 Å². The summed E-state index contributed by atoms with van der Waals surface area (Å²) in [6.07, 6.45) is 3.93. The van der Waals surface area contributed by atoms with Gasteiger partial charge in [-0.25, -0.2) is 4.79 Å². The second kappa shape index (κ2) is 10.8. The van der Waals surface area contributed by atoms with Crippen molar-refractivity contribution >= 4 is 23.7 Å². The third kappa shape index (κ3) is 4.76. The zero-order chi connectivity index (χ0) is 31.1. The summed E-state index contributed by atoms with van der Waals surface area (Å²) < 4.78 is 18.9. The molecule has 0 bridgehead atoms. The molecule has 240 valence electrons. The standard InChI is InChI=1S/C33H48O10/c1-16-7-10-33(41-15-16)17(2)27-24(43-33)13-23-20-6-5-18-11-19(42-30(40)21(12-26(35)36)28(37)29(38)39)8-9-31(18,3)22(20)14-25(34)32(23,27)4/h16-24,27-28,37H,5-15H2,1-4H3,(H,35,36)(H,38,39)/t16-,17+,18+,19+,20?,21?,22?,23?,24?,27?,28?,31+,32-,33-/m1/s1. The molecule has 14 atom stereocenters. The fourth-order valence-corrected chi connectivity index (χ4v) is 11.0. The van der Waals surface area contributed by atoms with Crippen LogP contribution in [0.25, 0.3) is 0 Å². The summed E-state index contributed by atoms with van der Waals surface area (Å²) in [5, 5.41) is 28.3. The molecular formula is C33H48O10. The van der Waals surface area contributed by atoms with Crippen LogP contribution in [0, 0.1) is 58.2 Å². The number of aliphatic hydroxyl groups is 1. The van der Waals surface area contributed by atoms with Gasteiger partial charge in [-0.2, -0.15) is 0 Å². The van der Waals surface area contributed by atoms with Gasteiger partial charge in [-0.05, 0) is 80.0 Å². The molecule has 6 fully saturated rings. The van der Waals surface area contributed by atoms with Gasteiger partial charge in [0, 0.05) is 30.1 Å². The largest absolute Gasteiger partial charge is 0.481 e. The molecule has 2 saturated heterocycles. The van der Waals surface area contributed by atoms with Crippen molar-refractivity contribution in [2.75, 3.05) is 6.61 Å². The minimum atomic E-state index is -2.14. The number of ether oxygens (including phenoxy) is 3. The van der Waals surface area contributed by atoms with Crippen molar-refractivity contribution in [1.29, 1.82) is 0 Å². The maximum Gasteiger partial charge on any atom is 0.333 e. The first-order valence-electron chi connectivity index (χ1n) is 16.4. The van der Waals surface area contributed by atoms with Gasteiger partial charge in [-0.15, -0.1) is 0 Å². The van der Waals surface area contributed by atoms with Crippen LogP contribution in [0.3, 0.4) is 0 Å². The Morgan fingerprint density at radius 3 is 2.42 bits per heavy atom. The molecule has 4 aliphatic carbocycles. The second-order valence-corrected chi connectivity index (χ2v) is 15.4. The Bertz CT molecular complexity index is 1160. The number of carbonyl (C=O) groups is 4. The van der Waals surface area contributed by atoms with Gasteiger partial charge < -0.3 is 29.5 Å². The molecule has 43 heavy (non-hydrogen) atoms. The van der Waals surface area contributed by atoms with Crippen LogP contribution in [0.15, 0.2) is 0 Å². The van der Waals surface area contributed by atoms with Gasteiger partial charge in [-0.1, -0.05) is 27.7 Å². The molecule has 1 spiro atoms. The van der Waals surface area contributed by atoms with E-state index in [1.54, 1.807) is 0 Å². The van der Waals surface area contributed by atoms with E-state index in [0.717, 1.165) is 38.5 Å². The molecule has 0 aromatic carbocycles. The summed E-state index contributed by atoms with van der Waals surface area (Å²) >= 11 is 0. The monoisotopic (exact) mass is 604 g/mol. The number of Topliss-reactive ketones (excluding diaryl/α,β-unsaturated/α-hetero) is 1. The lowest BCUT2D eigenvalue weighted by Crippen LogP contribution is -2.58. The molecule has 0 radical (unpaired) electrons. The number of carbonyl (C=O) groups excluding carboxylic acids is 2. The predicted molar refractivity (Wildman–Crippen MR) is 151 cm³/mol. The molecule has 2 aliphatic heterocycles. The number of aliphatic carboxylic acids is 2. The number of carboxylic acid groups (broad SMARTS) is 2. The molecule has 10 nitrogen and oxygen atoms in total. The summed E-state index contributed by atoms with van der Waals surface area (Å²) in [4.78, 5) is 49.7. The number of fused-ring (bicyclic) bond motifs is 7. The average Bonchev–Trinajstić information content (AvgIpc) is 3.40. The van der Waals surface area contributed by atoms with Crippen LogP contribution in [-0.4, -0.2) is 69.7 Å². The SMILES string of the molecule is C[C@@H]1CC[C@@]2(OC1)OC1CC3C4CC[C@H]5C[C@@H](OC(=O)C(CC(=O)O)C(O)C(=O)O)CC[C@]5(C)C4CC(=O)[C@]3(C)C1[C@@H]2C. The summed E-state index contributed by atoms with van der Waals surface area (Å²) in [6, 6.07) is 0. The quantitative estimate of drug-likeness (QED) is 0.378. The van der Waals surface area contributed by atoms with E-state index in [4.69, 9.17) is 19.3 Å². The smallest absolute Gasteiger partial charge is 0.333 e. The van der Waals surface area contributed by atoms with E-state index in [2.05, 4.69) is 27.7 Å². The van der Waals surface area contributed by atoms with Gasteiger partial charge in [-0.3, -0.25) is 14.4 Å². The predicted octanol–water partition coefficient (Wildman–Crippen LogP) is 4.06. The highest BCUT2D eigenvalue weighted by atomic mass is 16.7.